The number of hydrogen-bond acceptors (Lipinski definition) is 5. The molecule has 2 aromatic carbocycles. The Morgan fingerprint density at radius 2 is 1.19 bits per heavy atom. The summed E-state index contributed by atoms with van der Waals surface area (Å²) in [6.07, 6.45) is 11.3. The fourth-order valence-corrected chi connectivity index (χ4v) is 5.83. The molecule has 0 saturated heterocycles. The summed E-state index contributed by atoms with van der Waals surface area (Å²) in [5, 5.41) is 0. The Bertz CT molecular complexity index is 1340. The van der Waals surface area contributed by atoms with Crippen molar-refractivity contribution in [1.29, 1.82) is 0 Å². The number of ether oxygens (including phenoxy) is 2. The largest absolute Gasteiger partial charge is 0.493 e. The SMILES string of the molecule is CCCCC(CC)COc1cccc(-c2nc3c(Br)cnc(Br)c3nc2-c2cccc(OCC(CC)CCCC)c2)c1. The predicted octanol–water partition coefficient (Wildman–Crippen LogP) is 11.1. The lowest BCUT2D eigenvalue weighted by molar-refractivity contribution is 0.233. The van der Waals surface area contributed by atoms with Crippen molar-refractivity contribution in [3.8, 4) is 34.0 Å². The summed E-state index contributed by atoms with van der Waals surface area (Å²) in [7, 11) is 0. The minimum absolute atomic E-state index is 0.557. The zero-order chi connectivity index (χ0) is 29.9. The van der Waals surface area contributed by atoms with Gasteiger partial charge in [-0.25, -0.2) is 15.0 Å². The average molecular weight is 698 g/mol. The number of rotatable bonds is 16. The summed E-state index contributed by atoms with van der Waals surface area (Å²) in [5.74, 6) is 2.81. The van der Waals surface area contributed by atoms with Crippen LogP contribution >= 0.6 is 31.9 Å². The molecule has 4 aromatic rings. The first-order valence-electron chi connectivity index (χ1n) is 15.4. The van der Waals surface area contributed by atoms with Crippen LogP contribution < -0.4 is 9.47 Å². The molecule has 0 aliphatic rings. The van der Waals surface area contributed by atoms with Crippen molar-refractivity contribution in [1.82, 2.24) is 15.0 Å². The molecule has 2 heterocycles. The molecular formula is C35H43Br2N3O2. The summed E-state index contributed by atoms with van der Waals surface area (Å²) in [6, 6.07) is 16.4. The van der Waals surface area contributed by atoms with Gasteiger partial charge in [-0.15, -0.1) is 0 Å². The highest BCUT2D eigenvalue weighted by Crippen LogP contribution is 2.37. The standard InChI is InChI=1S/C35H43Br2N3O2/c1-5-9-13-24(7-3)22-41-28-17-11-15-26(19-28)31-32(40-34-33(39-31)30(36)21-38-35(34)37)27-16-12-18-29(20-27)42-23-25(8-4)14-10-6-2/h11-12,15-21,24-25H,5-10,13-14,22-23H2,1-4H3. The highest BCUT2D eigenvalue weighted by molar-refractivity contribution is 9.11. The number of nitrogens with zero attached hydrogens (tertiary/aromatic N) is 3. The Morgan fingerprint density at radius 1 is 0.690 bits per heavy atom. The molecule has 42 heavy (non-hydrogen) atoms. The lowest BCUT2D eigenvalue weighted by Crippen LogP contribution is -2.11. The van der Waals surface area contributed by atoms with E-state index in [9.17, 15) is 0 Å². The topological polar surface area (TPSA) is 57.1 Å². The predicted molar refractivity (Wildman–Crippen MR) is 181 cm³/mol. The van der Waals surface area contributed by atoms with Crippen LogP contribution in [0, 0.1) is 11.8 Å². The maximum Gasteiger partial charge on any atom is 0.133 e. The minimum Gasteiger partial charge on any atom is -0.493 e. The van der Waals surface area contributed by atoms with Crippen molar-refractivity contribution >= 4 is 42.9 Å². The summed E-state index contributed by atoms with van der Waals surface area (Å²) in [4.78, 5) is 14.7. The van der Waals surface area contributed by atoms with E-state index in [0.29, 0.717) is 22.0 Å². The van der Waals surface area contributed by atoms with Gasteiger partial charge in [-0.2, -0.15) is 0 Å². The number of unbranched alkanes of at least 4 members (excludes halogenated alkanes) is 2. The van der Waals surface area contributed by atoms with E-state index in [2.05, 4.69) is 88.8 Å². The average Bonchev–Trinajstić information content (AvgIpc) is 3.03. The molecule has 0 N–H and O–H groups in total. The monoisotopic (exact) mass is 695 g/mol. The van der Waals surface area contributed by atoms with E-state index >= 15 is 0 Å². The second-order valence-corrected chi connectivity index (χ2v) is 12.6. The third-order valence-corrected chi connectivity index (χ3v) is 9.04. The zero-order valence-electron chi connectivity index (χ0n) is 25.3. The molecule has 224 valence electrons. The van der Waals surface area contributed by atoms with Gasteiger partial charge in [0.15, 0.2) is 0 Å². The van der Waals surface area contributed by atoms with E-state index in [1.807, 2.05) is 24.3 Å². The van der Waals surface area contributed by atoms with E-state index in [4.69, 9.17) is 19.4 Å². The van der Waals surface area contributed by atoms with Gasteiger partial charge in [-0.3, -0.25) is 0 Å². The quantitative estimate of drug-likeness (QED) is 0.109. The molecule has 0 bridgehead atoms. The normalized spacial score (nSPS) is 12.8. The summed E-state index contributed by atoms with van der Waals surface area (Å²) in [6.45, 7) is 10.4. The van der Waals surface area contributed by atoms with E-state index in [-0.39, 0.29) is 0 Å². The number of halogens is 2. The first kappa shape index (κ1) is 32.4. The molecule has 0 fully saturated rings. The molecule has 2 unspecified atom stereocenters. The molecule has 2 atom stereocenters. The fourth-order valence-electron chi connectivity index (χ4n) is 5.07. The van der Waals surface area contributed by atoms with E-state index in [1.165, 1.54) is 38.5 Å². The smallest absolute Gasteiger partial charge is 0.133 e. The number of hydrogen-bond donors (Lipinski definition) is 0. The van der Waals surface area contributed by atoms with Crippen molar-refractivity contribution in [3.63, 3.8) is 0 Å². The van der Waals surface area contributed by atoms with E-state index < -0.39 is 0 Å². The number of pyridine rings is 1. The summed E-state index contributed by atoms with van der Waals surface area (Å²) >= 11 is 7.24. The van der Waals surface area contributed by atoms with Gasteiger partial charge in [0.25, 0.3) is 0 Å². The van der Waals surface area contributed by atoms with Crippen molar-refractivity contribution < 1.29 is 9.47 Å². The second kappa shape index (κ2) is 16.4. The van der Waals surface area contributed by atoms with Gasteiger partial charge in [0.1, 0.15) is 27.1 Å². The molecule has 5 nitrogen and oxygen atoms in total. The second-order valence-electron chi connectivity index (χ2n) is 11.0. The van der Waals surface area contributed by atoms with Crippen LogP contribution in [0.25, 0.3) is 33.5 Å². The summed E-state index contributed by atoms with van der Waals surface area (Å²) in [5.41, 5.74) is 4.92. The van der Waals surface area contributed by atoms with Gasteiger partial charge in [0, 0.05) is 17.3 Å². The third kappa shape index (κ3) is 8.53. The van der Waals surface area contributed by atoms with Gasteiger partial charge >= 0.3 is 0 Å². The van der Waals surface area contributed by atoms with Gasteiger partial charge in [-0.1, -0.05) is 90.5 Å². The summed E-state index contributed by atoms with van der Waals surface area (Å²) < 4.78 is 14.1. The lowest BCUT2D eigenvalue weighted by Gasteiger charge is -2.17. The number of aromatic nitrogens is 3. The number of benzene rings is 2. The van der Waals surface area contributed by atoms with Crippen molar-refractivity contribution in [2.75, 3.05) is 13.2 Å². The van der Waals surface area contributed by atoms with Gasteiger partial charge in [0.2, 0.25) is 0 Å². The van der Waals surface area contributed by atoms with E-state index in [1.54, 1.807) is 6.20 Å². The third-order valence-electron chi connectivity index (χ3n) is 7.88. The first-order chi connectivity index (χ1) is 20.5. The lowest BCUT2D eigenvalue weighted by atomic mass is 10.0. The zero-order valence-corrected chi connectivity index (χ0v) is 28.5. The molecule has 0 spiro atoms. The molecule has 0 amide bonds. The molecule has 0 aliphatic carbocycles. The Labute approximate surface area is 268 Å². The minimum atomic E-state index is 0.557. The van der Waals surface area contributed by atoms with Crippen LogP contribution in [0.2, 0.25) is 0 Å². The van der Waals surface area contributed by atoms with Crippen LogP contribution in [0.1, 0.15) is 79.1 Å². The maximum absolute atomic E-state index is 6.31. The molecule has 7 heteroatoms. The molecule has 0 saturated carbocycles. The van der Waals surface area contributed by atoms with E-state index in [0.717, 1.165) is 70.1 Å². The fraction of sp³-hybridized carbons (Fsp3) is 0.457. The first-order valence-corrected chi connectivity index (χ1v) is 17.0. The molecular weight excluding hydrogens is 654 g/mol. The Kier molecular flexibility index (Phi) is 12.6. The molecule has 2 aromatic heterocycles. The van der Waals surface area contributed by atoms with Crippen LogP contribution in [-0.2, 0) is 0 Å². The van der Waals surface area contributed by atoms with Crippen molar-refractivity contribution in [2.24, 2.45) is 11.8 Å². The molecule has 4 rings (SSSR count). The highest BCUT2D eigenvalue weighted by atomic mass is 79.9. The Morgan fingerprint density at radius 3 is 1.67 bits per heavy atom. The van der Waals surface area contributed by atoms with Gasteiger partial charge < -0.3 is 9.47 Å². The maximum atomic E-state index is 6.31. The van der Waals surface area contributed by atoms with Crippen LogP contribution in [0.15, 0.2) is 63.8 Å². The van der Waals surface area contributed by atoms with Gasteiger partial charge in [-0.05, 0) is 80.8 Å². The Balaban J connectivity index is 1.71. The van der Waals surface area contributed by atoms with Crippen LogP contribution in [-0.4, -0.2) is 28.2 Å². The van der Waals surface area contributed by atoms with Crippen LogP contribution in [0.3, 0.4) is 0 Å². The van der Waals surface area contributed by atoms with Gasteiger partial charge in [0.05, 0.1) is 29.1 Å². The van der Waals surface area contributed by atoms with Crippen molar-refractivity contribution in [3.05, 3.63) is 63.8 Å². The van der Waals surface area contributed by atoms with Crippen molar-refractivity contribution in [2.45, 2.75) is 79.1 Å². The number of fused-ring (bicyclic) bond motifs is 1. The highest BCUT2D eigenvalue weighted by Gasteiger charge is 2.18. The molecule has 0 aliphatic heterocycles. The van der Waals surface area contributed by atoms with Crippen LogP contribution in [0.5, 0.6) is 11.5 Å². The molecule has 0 radical (unpaired) electrons. The van der Waals surface area contributed by atoms with Crippen LogP contribution in [0.4, 0.5) is 0 Å². The Hall–Kier alpha value is -2.51.